The van der Waals surface area contributed by atoms with E-state index in [1.54, 1.807) is 13.2 Å². The van der Waals surface area contributed by atoms with Crippen LogP contribution in [0.5, 0.6) is 0 Å². The fourth-order valence-corrected chi connectivity index (χ4v) is 5.14. The number of ether oxygens (including phenoxy) is 2. The second-order valence-corrected chi connectivity index (χ2v) is 9.24. The quantitative estimate of drug-likeness (QED) is 0.357. The van der Waals surface area contributed by atoms with Crippen LogP contribution in [0.1, 0.15) is 51.6 Å². The zero-order valence-electron chi connectivity index (χ0n) is 17.3. The Balaban J connectivity index is 1.72. The summed E-state index contributed by atoms with van der Waals surface area (Å²) in [5, 5.41) is 3.51. The first-order valence-electron chi connectivity index (χ1n) is 9.69. The van der Waals surface area contributed by atoms with Gasteiger partial charge in [-0.2, -0.15) is 0 Å². The van der Waals surface area contributed by atoms with Crippen LogP contribution >= 0.6 is 34.7 Å². The third-order valence-electron chi connectivity index (χ3n) is 4.68. The molecule has 0 aliphatic heterocycles. The number of fused-ring (bicyclic) bond motifs is 1. The van der Waals surface area contributed by atoms with Gasteiger partial charge in [0.05, 0.1) is 23.4 Å². The third-order valence-corrected chi connectivity index (χ3v) is 6.68. The number of anilines is 1. The third kappa shape index (κ3) is 5.55. The summed E-state index contributed by atoms with van der Waals surface area (Å²) in [6, 6.07) is 0. The maximum absolute atomic E-state index is 12.5. The highest BCUT2D eigenvalue weighted by Gasteiger charge is 2.29. The van der Waals surface area contributed by atoms with Crippen molar-refractivity contribution in [2.45, 2.75) is 38.3 Å². The van der Waals surface area contributed by atoms with E-state index >= 15 is 0 Å². The topological polar surface area (TPSA) is 107 Å². The van der Waals surface area contributed by atoms with Gasteiger partial charge >= 0.3 is 11.9 Å². The minimum absolute atomic E-state index is 0.0351. The molecule has 1 amide bonds. The largest absolute Gasteiger partial charge is 0.462 e. The van der Waals surface area contributed by atoms with Crippen LogP contribution in [0.25, 0.3) is 0 Å². The molecule has 0 spiro atoms. The van der Waals surface area contributed by atoms with Crippen LogP contribution in [0.4, 0.5) is 5.00 Å². The summed E-state index contributed by atoms with van der Waals surface area (Å²) < 4.78 is 10.3. The van der Waals surface area contributed by atoms with E-state index in [0.717, 1.165) is 29.7 Å². The van der Waals surface area contributed by atoms with Crippen molar-refractivity contribution < 1.29 is 23.9 Å². The van der Waals surface area contributed by atoms with Gasteiger partial charge in [-0.25, -0.2) is 19.6 Å². The first-order valence-corrected chi connectivity index (χ1v) is 12.1. The molecule has 1 aliphatic carbocycles. The van der Waals surface area contributed by atoms with Crippen LogP contribution in [0.2, 0.25) is 5.02 Å². The first kappa shape index (κ1) is 23.5. The van der Waals surface area contributed by atoms with Crippen molar-refractivity contribution >= 4 is 57.5 Å². The molecule has 11 heteroatoms. The van der Waals surface area contributed by atoms with E-state index in [0.29, 0.717) is 21.6 Å². The first-order chi connectivity index (χ1) is 14.8. The molecule has 0 radical (unpaired) electrons. The standard InChI is InChI=1S/C20H22ClN3O5S2/c1-4-28-18(26)15-11-6-5-10(2)7-13(11)31-17(15)23-14(25)9-29-19(27)16-12(21)8-22-20(24-16)30-3/h8,10H,4-7,9H2,1-3H3,(H,23,25). The lowest BCUT2D eigenvalue weighted by Gasteiger charge is -2.18. The van der Waals surface area contributed by atoms with Crippen LogP contribution in [0.3, 0.4) is 0 Å². The molecule has 2 aromatic rings. The predicted octanol–water partition coefficient (Wildman–Crippen LogP) is 4.01. The van der Waals surface area contributed by atoms with Crippen LogP contribution in [0, 0.1) is 5.92 Å². The van der Waals surface area contributed by atoms with Crippen LogP contribution in [-0.2, 0) is 27.1 Å². The fraction of sp³-hybridized carbons (Fsp3) is 0.450. The average molecular weight is 484 g/mol. The Kier molecular flexibility index (Phi) is 7.90. The molecule has 2 heterocycles. The molecule has 1 N–H and O–H groups in total. The molecule has 0 fully saturated rings. The number of hydrogen-bond donors (Lipinski definition) is 1. The van der Waals surface area contributed by atoms with Crippen LogP contribution < -0.4 is 5.32 Å². The van der Waals surface area contributed by atoms with Crippen molar-refractivity contribution in [2.24, 2.45) is 5.92 Å². The van der Waals surface area contributed by atoms with Gasteiger partial charge in [-0.3, -0.25) is 4.79 Å². The van der Waals surface area contributed by atoms with Crippen molar-refractivity contribution in [3.63, 3.8) is 0 Å². The van der Waals surface area contributed by atoms with E-state index in [1.807, 2.05) is 0 Å². The number of aromatic nitrogens is 2. The second-order valence-electron chi connectivity index (χ2n) is 6.95. The van der Waals surface area contributed by atoms with Crippen molar-refractivity contribution in [2.75, 3.05) is 24.8 Å². The number of hydrogen-bond acceptors (Lipinski definition) is 9. The van der Waals surface area contributed by atoms with Gasteiger partial charge < -0.3 is 14.8 Å². The van der Waals surface area contributed by atoms with Gasteiger partial charge in [-0.1, -0.05) is 30.3 Å². The average Bonchev–Trinajstić information content (AvgIpc) is 3.09. The number of nitrogens with zero attached hydrogens (tertiary/aromatic N) is 2. The number of thiophene rings is 1. The van der Waals surface area contributed by atoms with Crippen LogP contribution in [0.15, 0.2) is 11.4 Å². The number of rotatable bonds is 7. The molecule has 2 aromatic heterocycles. The minimum Gasteiger partial charge on any atom is -0.462 e. The van der Waals surface area contributed by atoms with Gasteiger partial charge in [0.25, 0.3) is 5.91 Å². The second kappa shape index (κ2) is 10.4. The number of thioether (sulfide) groups is 1. The monoisotopic (exact) mass is 483 g/mol. The lowest BCUT2D eigenvalue weighted by Crippen LogP contribution is -2.22. The summed E-state index contributed by atoms with van der Waals surface area (Å²) in [7, 11) is 0. The maximum Gasteiger partial charge on any atom is 0.359 e. The molecule has 1 unspecified atom stereocenters. The highest BCUT2D eigenvalue weighted by atomic mass is 35.5. The van der Waals surface area contributed by atoms with E-state index in [1.165, 1.54) is 29.3 Å². The number of carbonyl (C=O) groups excluding carboxylic acids is 3. The van der Waals surface area contributed by atoms with Gasteiger partial charge in [-0.05, 0) is 43.9 Å². The van der Waals surface area contributed by atoms with Gasteiger partial charge in [0.15, 0.2) is 17.5 Å². The van der Waals surface area contributed by atoms with Gasteiger partial charge in [-0.15, -0.1) is 11.3 Å². The molecule has 31 heavy (non-hydrogen) atoms. The van der Waals surface area contributed by atoms with Crippen molar-refractivity contribution in [1.29, 1.82) is 0 Å². The summed E-state index contributed by atoms with van der Waals surface area (Å²) in [5.41, 5.74) is 1.23. The molecular weight excluding hydrogens is 462 g/mol. The molecule has 1 aliphatic rings. The van der Waals surface area contributed by atoms with Gasteiger partial charge in [0.1, 0.15) is 5.00 Å². The van der Waals surface area contributed by atoms with E-state index in [2.05, 4.69) is 22.2 Å². The molecule has 0 saturated carbocycles. The highest BCUT2D eigenvalue weighted by Crippen LogP contribution is 2.40. The van der Waals surface area contributed by atoms with Gasteiger partial charge in [0.2, 0.25) is 0 Å². The van der Waals surface area contributed by atoms with Gasteiger partial charge in [0, 0.05) is 4.88 Å². The normalized spacial score (nSPS) is 15.2. The van der Waals surface area contributed by atoms with E-state index < -0.39 is 24.5 Å². The lowest BCUT2D eigenvalue weighted by atomic mass is 9.88. The summed E-state index contributed by atoms with van der Waals surface area (Å²) >= 11 is 8.58. The molecule has 0 bridgehead atoms. The highest BCUT2D eigenvalue weighted by molar-refractivity contribution is 7.98. The molecule has 8 nitrogen and oxygen atoms in total. The Labute approximate surface area is 193 Å². The fourth-order valence-electron chi connectivity index (χ4n) is 3.21. The minimum atomic E-state index is -0.831. The molecule has 166 valence electrons. The number of esters is 2. The summed E-state index contributed by atoms with van der Waals surface area (Å²) in [4.78, 5) is 46.3. The maximum atomic E-state index is 12.5. The predicted molar refractivity (Wildman–Crippen MR) is 119 cm³/mol. The zero-order valence-corrected chi connectivity index (χ0v) is 19.7. The number of amides is 1. The Morgan fingerprint density at radius 2 is 2.10 bits per heavy atom. The number of halogens is 1. The molecule has 3 rings (SSSR count). The summed E-state index contributed by atoms with van der Waals surface area (Å²) in [6.07, 6.45) is 5.64. The Bertz CT molecular complexity index is 1010. The smallest absolute Gasteiger partial charge is 0.359 e. The van der Waals surface area contributed by atoms with Crippen molar-refractivity contribution in [1.82, 2.24) is 9.97 Å². The molecule has 0 saturated heterocycles. The summed E-state index contributed by atoms with van der Waals surface area (Å²) in [5.74, 6) is -1.35. The van der Waals surface area contributed by atoms with E-state index in [9.17, 15) is 14.4 Å². The number of nitrogens with one attached hydrogen (secondary N) is 1. The Morgan fingerprint density at radius 1 is 1.32 bits per heavy atom. The molecular formula is C20H22ClN3O5S2. The SMILES string of the molecule is CCOC(=O)c1c(NC(=O)COC(=O)c2nc(SC)ncc2Cl)sc2c1CCC(C)C2. The Morgan fingerprint density at radius 3 is 2.81 bits per heavy atom. The lowest BCUT2D eigenvalue weighted by molar-refractivity contribution is -0.119. The zero-order chi connectivity index (χ0) is 22.5. The van der Waals surface area contributed by atoms with E-state index in [-0.39, 0.29) is 17.3 Å². The summed E-state index contributed by atoms with van der Waals surface area (Å²) in [6.45, 7) is 3.58. The Hall–Kier alpha value is -2.17. The number of carbonyl (C=O) groups is 3. The van der Waals surface area contributed by atoms with Crippen molar-refractivity contribution in [3.8, 4) is 0 Å². The van der Waals surface area contributed by atoms with E-state index in [4.69, 9.17) is 21.1 Å². The molecule has 1 atom stereocenters. The van der Waals surface area contributed by atoms with Crippen molar-refractivity contribution in [3.05, 3.63) is 32.9 Å². The molecule has 0 aromatic carbocycles. The van der Waals surface area contributed by atoms with Crippen LogP contribution in [-0.4, -0.2) is 47.3 Å².